The van der Waals surface area contributed by atoms with E-state index in [4.69, 9.17) is 14.1 Å². The van der Waals surface area contributed by atoms with Gasteiger partial charge >= 0.3 is 0 Å². The minimum absolute atomic E-state index is 0.654. The Kier molecular flexibility index (Phi) is 3.61. The summed E-state index contributed by atoms with van der Waals surface area (Å²) in [7, 11) is 0. The summed E-state index contributed by atoms with van der Waals surface area (Å²) in [6.07, 6.45) is 0. The molecule has 0 radical (unpaired) electrons. The molecule has 6 rings (SSSR count). The fourth-order valence-corrected chi connectivity index (χ4v) is 4.44. The summed E-state index contributed by atoms with van der Waals surface area (Å²) in [4.78, 5) is 7.00. The highest BCUT2D eigenvalue weighted by Crippen LogP contribution is 2.49. The van der Waals surface area contributed by atoms with Gasteiger partial charge in [-0.25, -0.2) is 0 Å². The molecule has 0 fully saturated rings. The highest BCUT2D eigenvalue weighted by atomic mass is 32.1. The predicted octanol–water partition coefficient (Wildman–Crippen LogP) is 6.93. The number of para-hydroxylation sites is 4. The van der Waals surface area contributed by atoms with Gasteiger partial charge in [-0.2, -0.15) is 9.36 Å². The van der Waals surface area contributed by atoms with Crippen molar-refractivity contribution in [3.05, 3.63) is 91.0 Å². The molecule has 0 saturated heterocycles. The largest absolute Gasteiger partial charge is 0.453 e. The average molecular weight is 393 g/mol. The Hall–Kier alpha value is -3.70. The second-order valence-corrected chi connectivity index (χ2v) is 7.55. The molecular weight excluding hydrogens is 378 g/mol. The van der Waals surface area contributed by atoms with E-state index in [1.807, 2.05) is 48.5 Å². The van der Waals surface area contributed by atoms with Gasteiger partial charge in [-0.05, 0) is 46.6 Å². The van der Waals surface area contributed by atoms with Crippen LogP contribution in [0.4, 0.5) is 17.3 Å². The Morgan fingerprint density at radius 2 is 1.34 bits per heavy atom. The van der Waals surface area contributed by atoms with Gasteiger partial charge in [0.15, 0.2) is 11.5 Å². The summed E-state index contributed by atoms with van der Waals surface area (Å²) >= 11 is 1.42. The lowest BCUT2D eigenvalue weighted by atomic mass is 10.1. The topological polar surface area (TPSA) is 38.2 Å². The second kappa shape index (κ2) is 6.43. The molecule has 4 nitrogen and oxygen atoms in total. The van der Waals surface area contributed by atoms with Crippen molar-refractivity contribution < 1.29 is 4.74 Å². The summed E-state index contributed by atoms with van der Waals surface area (Å²) < 4.78 is 10.8. The first kappa shape index (κ1) is 16.3. The third-order valence-corrected chi connectivity index (χ3v) is 5.81. The van der Waals surface area contributed by atoms with E-state index < -0.39 is 0 Å². The fourth-order valence-electron chi connectivity index (χ4n) is 3.75. The summed E-state index contributed by atoms with van der Waals surface area (Å²) in [5.74, 6) is 2.25. The zero-order valence-corrected chi connectivity index (χ0v) is 16.1. The first-order valence-corrected chi connectivity index (χ1v) is 10.1. The summed E-state index contributed by atoms with van der Waals surface area (Å²) in [6.45, 7) is 0. The van der Waals surface area contributed by atoms with Crippen LogP contribution in [0.15, 0.2) is 91.0 Å². The molecule has 0 atom stereocenters. The maximum atomic E-state index is 6.08. The summed E-state index contributed by atoms with van der Waals surface area (Å²) in [5, 5.41) is 3.28. The van der Waals surface area contributed by atoms with Crippen LogP contribution in [0.2, 0.25) is 0 Å². The molecule has 0 bridgehead atoms. The van der Waals surface area contributed by atoms with Crippen molar-refractivity contribution in [2.45, 2.75) is 0 Å². The SMILES string of the molecule is c1ccc2c(c1)Oc1ccccc1N2c1nsc(-c2cccc3ccccc23)n1. The van der Waals surface area contributed by atoms with Crippen LogP contribution >= 0.6 is 11.5 Å². The zero-order chi connectivity index (χ0) is 19.2. The molecule has 1 aliphatic heterocycles. The summed E-state index contributed by atoms with van der Waals surface area (Å²) in [5.41, 5.74) is 2.98. The maximum Gasteiger partial charge on any atom is 0.247 e. The van der Waals surface area contributed by atoms with E-state index in [2.05, 4.69) is 47.4 Å². The average Bonchev–Trinajstić information content (AvgIpc) is 3.26. The fraction of sp³-hybridized carbons (Fsp3) is 0. The number of nitrogens with zero attached hydrogens (tertiary/aromatic N) is 3. The van der Waals surface area contributed by atoms with Crippen molar-refractivity contribution in [1.82, 2.24) is 9.36 Å². The van der Waals surface area contributed by atoms with Crippen LogP contribution < -0.4 is 9.64 Å². The minimum Gasteiger partial charge on any atom is -0.453 e. The third kappa shape index (κ3) is 2.59. The molecule has 29 heavy (non-hydrogen) atoms. The molecule has 1 aromatic heterocycles. The number of hydrogen-bond acceptors (Lipinski definition) is 5. The van der Waals surface area contributed by atoms with Crippen LogP contribution in [-0.4, -0.2) is 9.36 Å². The second-order valence-electron chi connectivity index (χ2n) is 6.80. The van der Waals surface area contributed by atoms with Gasteiger partial charge in [0.2, 0.25) is 5.95 Å². The van der Waals surface area contributed by atoms with Crippen molar-refractivity contribution in [3.8, 4) is 22.1 Å². The molecule has 2 heterocycles. The van der Waals surface area contributed by atoms with Crippen molar-refractivity contribution in [2.75, 3.05) is 4.90 Å². The van der Waals surface area contributed by atoms with Gasteiger partial charge in [-0.1, -0.05) is 66.7 Å². The number of benzene rings is 4. The Bertz CT molecular complexity index is 1310. The van der Waals surface area contributed by atoms with Crippen molar-refractivity contribution >= 4 is 39.6 Å². The van der Waals surface area contributed by atoms with E-state index in [0.29, 0.717) is 5.95 Å². The molecular formula is C24H15N3OS. The van der Waals surface area contributed by atoms with Crippen molar-refractivity contribution in [1.29, 1.82) is 0 Å². The maximum absolute atomic E-state index is 6.08. The van der Waals surface area contributed by atoms with Gasteiger partial charge in [0.1, 0.15) is 5.01 Å². The predicted molar refractivity (Wildman–Crippen MR) is 118 cm³/mol. The standard InChI is InChI=1S/C24H15N3OS/c1-2-10-17-16(8-1)9-7-11-18(17)23-25-24(26-29-23)27-19-12-3-5-14-21(19)28-22-15-6-4-13-20(22)27/h1-15H. The molecule has 0 unspecified atom stereocenters. The third-order valence-electron chi connectivity index (χ3n) is 5.07. The quantitative estimate of drug-likeness (QED) is 0.319. The molecule has 1 aliphatic rings. The van der Waals surface area contributed by atoms with Crippen LogP contribution in [-0.2, 0) is 0 Å². The van der Waals surface area contributed by atoms with Crippen LogP contribution in [0, 0.1) is 0 Å². The summed E-state index contributed by atoms with van der Waals surface area (Å²) in [6, 6.07) is 30.6. The van der Waals surface area contributed by atoms with Crippen LogP contribution in [0.1, 0.15) is 0 Å². The highest BCUT2D eigenvalue weighted by Gasteiger charge is 2.28. The van der Waals surface area contributed by atoms with Crippen molar-refractivity contribution in [3.63, 3.8) is 0 Å². The molecule has 5 aromatic rings. The van der Waals surface area contributed by atoms with Gasteiger partial charge < -0.3 is 4.74 Å². The van der Waals surface area contributed by atoms with E-state index in [9.17, 15) is 0 Å². The number of ether oxygens (including phenoxy) is 1. The van der Waals surface area contributed by atoms with Crippen LogP contribution in [0.5, 0.6) is 11.5 Å². The monoisotopic (exact) mass is 393 g/mol. The molecule has 0 aliphatic carbocycles. The Morgan fingerprint density at radius 3 is 2.14 bits per heavy atom. The van der Waals surface area contributed by atoms with Gasteiger partial charge in [-0.3, -0.25) is 4.90 Å². The Balaban J connectivity index is 1.52. The normalized spacial score (nSPS) is 12.3. The molecule has 0 N–H and O–H groups in total. The smallest absolute Gasteiger partial charge is 0.247 e. The lowest BCUT2D eigenvalue weighted by molar-refractivity contribution is 0.476. The van der Waals surface area contributed by atoms with E-state index >= 15 is 0 Å². The zero-order valence-electron chi connectivity index (χ0n) is 15.3. The highest BCUT2D eigenvalue weighted by molar-refractivity contribution is 7.09. The van der Waals surface area contributed by atoms with Crippen molar-refractivity contribution in [2.24, 2.45) is 0 Å². The lowest BCUT2D eigenvalue weighted by Crippen LogP contribution is -2.16. The lowest BCUT2D eigenvalue weighted by Gasteiger charge is -2.30. The van der Waals surface area contributed by atoms with Crippen LogP contribution in [0.3, 0.4) is 0 Å². The van der Waals surface area contributed by atoms with Gasteiger partial charge in [0.05, 0.1) is 11.4 Å². The molecule has 0 saturated carbocycles. The molecule has 138 valence electrons. The molecule has 5 heteroatoms. The van der Waals surface area contributed by atoms with E-state index in [0.717, 1.165) is 33.4 Å². The van der Waals surface area contributed by atoms with Gasteiger partial charge in [0.25, 0.3) is 0 Å². The number of anilines is 3. The van der Waals surface area contributed by atoms with E-state index in [1.165, 1.54) is 22.3 Å². The van der Waals surface area contributed by atoms with E-state index in [-0.39, 0.29) is 0 Å². The Morgan fingerprint density at radius 1 is 0.690 bits per heavy atom. The number of rotatable bonds is 2. The van der Waals surface area contributed by atoms with E-state index in [1.54, 1.807) is 0 Å². The molecule has 0 spiro atoms. The number of fused-ring (bicyclic) bond motifs is 3. The molecule has 0 amide bonds. The van der Waals surface area contributed by atoms with Gasteiger partial charge in [0, 0.05) is 5.56 Å². The van der Waals surface area contributed by atoms with Crippen LogP contribution in [0.25, 0.3) is 21.3 Å². The molecule has 4 aromatic carbocycles. The van der Waals surface area contributed by atoms with Gasteiger partial charge in [-0.15, -0.1) is 0 Å². The number of hydrogen-bond donors (Lipinski definition) is 0. The first-order chi connectivity index (χ1) is 14.4. The Labute approximate surface area is 171 Å². The first-order valence-electron chi connectivity index (χ1n) is 9.36. The number of aromatic nitrogens is 2. The minimum atomic E-state index is 0.654.